The number of aromatic nitrogens is 1. The number of esters is 1. The van der Waals surface area contributed by atoms with Gasteiger partial charge in [0.2, 0.25) is 0 Å². The fraction of sp³-hybridized carbons (Fsp3) is 0.125. The summed E-state index contributed by atoms with van der Waals surface area (Å²) in [7, 11) is 0. The van der Waals surface area contributed by atoms with Crippen LogP contribution in [0.4, 0.5) is 0 Å². The molecule has 0 unspecified atom stereocenters. The molecule has 1 aromatic carbocycles. The highest BCUT2D eigenvalue weighted by Gasteiger charge is 2.18. The van der Waals surface area contributed by atoms with Crippen LogP contribution in [0.5, 0.6) is 11.5 Å². The zero-order valence-corrected chi connectivity index (χ0v) is 11.8. The van der Waals surface area contributed by atoms with Gasteiger partial charge in [0.1, 0.15) is 17.2 Å². The number of rotatable bonds is 5. The fourth-order valence-electron chi connectivity index (χ4n) is 1.61. The molecule has 0 N–H and O–H groups in total. The van der Waals surface area contributed by atoms with Crippen LogP contribution in [0.15, 0.2) is 42.6 Å². The van der Waals surface area contributed by atoms with Crippen LogP contribution >= 0.6 is 0 Å². The Morgan fingerprint density at radius 2 is 1.82 bits per heavy atom. The zero-order valence-electron chi connectivity index (χ0n) is 11.8. The standard InChI is InChI=1S/C16H12N2O4/c1-2-21-16(20)15(19)14-8-7-13(10-18-14)22-12-5-3-11(9-17)4-6-12/h3-8,10H,2H2,1H3. The molecule has 0 spiro atoms. The van der Waals surface area contributed by atoms with Gasteiger partial charge < -0.3 is 9.47 Å². The Balaban J connectivity index is 2.07. The van der Waals surface area contributed by atoms with E-state index in [1.54, 1.807) is 31.2 Å². The minimum Gasteiger partial charge on any atom is -0.460 e. The van der Waals surface area contributed by atoms with Crippen LogP contribution in [0.25, 0.3) is 0 Å². The zero-order chi connectivity index (χ0) is 15.9. The third-order valence-electron chi connectivity index (χ3n) is 2.65. The first-order valence-electron chi connectivity index (χ1n) is 6.49. The van der Waals surface area contributed by atoms with Gasteiger partial charge in [0.15, 0.2) is 0 Å². The van der Waals surface area contributed by atoms with Gasteiger partial charge in [-0.25, -0.2) is 9.78 Å². The van der Waals surface area contributed by atoms with E-state index in [1.165, 1.54) is 18.3 Å². The van der Waals surface area contributed by atoms with Crippen molar-refractivity contribution in [1.29, 1.82) is 5.26 Å². The molecule has 0 saturated heterocycles. The first kappa shape index (κ1) is 15.2. The van der Waals surface area contributed by atoms with Crippen molar-refractivity contribution >= 4 is 11.8 Å². The van der Waals surface area contributed by atoms with E-state index in [9.17, 15) is 9.59 Å². The van der Waals surface area contributed by atoms with Gasteiger partial charge in [-0.15, -0.1) is 0 Å². The third kappa shape index (κ3) is 3.67. The molecule has 0 fully saturated rings. The maximum absolute atomic E-state index is 11.7. The number of ether oxygens (including phenoxy) is 2. The Morgan fingerprint density at radius 3 is 2.36 bits per heavy atom. The van der Waals surface area contributed by atoms with Crippen molar-refractivity contribution in [2.45, 2.75) is 6.92 Å². The second kappa shape index (κ2) is 6.99. The molecule has 0 aliphatic rings. The Morgan fingerprint density at radius 1 is 1.14 bits per heavy atom. The summed E-state index contributed by atoms with van der Waals surface area (Å²) >= 11 is 0. The van der Waals surface area contributed by atoms with Gasteiger partial charge >= 0.3 is 5.97 Å². The molecule has 1 heterocycles. The summed E-state index contributed by atoms with van der Waals surface area (Å²) < 4.78 is 10.1. The molecule has 2 aromatic rings. The van der Waals surface area contributed by atoms with E-state index in [-0.39, 0.29) is 12.3 Å². The highest BCUT2D eigenvalue weighted by atomic mass is 16.5. The average molecular weight is 296 g/mol. The van der Waals surface area contributed by atoms with Crippen molar-refractivity contribution in [1.82, 2.24) is 4.98 Å². The largest absolute Gasteiger partial charge is 0.460 e. The summed E-state index contributed by atoms with van der Waals surface area (Å²) in [4.78, 5) is 26.9. The van der Waals surface area contributed by atoms with Gasteiger partial charge in [0.05, 0.1) is 24.4 Å². The van der Waals surface area contributed by atoms with Crippen molar-refractivity contribution < 1.29 is 19.1 Å². The summed E-state index contributed by atoms with van der Waals surface area (Å²) in [5.74, 6) is -0.794. The lowest BCUT2D eigenvalue weighted by atomic mass is 10.2. The van der Waals surface area contributed by atoms with Gasteiger partial charge in [-0.1, -0.05) is 0 Å². The van der Waals surface area contributed by atoms with Crippen molar-refractivity contribution in [3.63, 3.8) is 0 Å². The predicted octanol–water partition coefficient (Wildman–Crippen LogP) is 2.49. The molecule has 0 bridgehead atoms. The molecule has 0 saturated carbocycles. The smallest absolute Gasteiger partial charge is 0.381 e. The number of Topliss-reactive ketones (excluding diaryl/α,β-unsaturated/α-hetero) is 1. The maximum Gasteiger partial charge on any atom is 0.381 e. The highest BCUT2D eigenvalue weighted by Crippen LogP contribution is 2.21. The van der Waals surface area contributed by atoms with Crippen LogP contribution in [0.3, 0.4) is 0 Å². The Bertz CT molecular complexity index is 715. The average Bonchev–Trinajstić information content (AvgIpc) is 2.56. The third-order valence-corrected chi connectivity index (χ3v) is 2.65. The van der Waals surface area contributed by atoms with E-state index < -0.39 is 11.8 Å². The van der Waals surface area contributed by atoms with Crippen molar-refractivity contribution in [3.05, 3.63) is 53.9 Å². The van der Waals surface area contributed by atoms with Gasteiger partial charge in [0.25, 0.3) is 5.78 Å². The molecule has 6 nitrogen and oxygen atoms in total. The first-order valence-corrected chi connectivity index (χ1v) is 6.49. The highest BCUT2D eigenvalue weighted by molar-refractivity contribution is 6.40. The Hall–Kier alpha value is -3.20. The van der Waals surface area contributed by atoms with Crippen LogP contribution in [0.1, 0.15) is 23.0 Å². The predicted molar refractivity (Wildman–Crippen MR) is 76.4 cm³/mol. The number of carbonyl (C=O) groups excluding carboxylic acids is 2. The molecule has 6 heteroatoms. The van der Waals surface area contributed by atoms with Gasteiger partial charge in [0, 0.05) is 0 Å². The number of hydrogen-bond donors (Lipinski definition) is 0. The van der Waals surface area contributed by atoms with E-state index in [4.69, 9.17) is 10.00 Å². The molecule has 110 valence electrons. The molecule has 0 radical (unpaired) electrons. The van der Waals surface area contributed by atoms with Crippen LogP contribution in [0.2, 0.25) is 0 Å². The second-order valence-corrected chi connectivity index (χ2v) is 4.17. The second-order valence-electron chi connectivity index (χ2n) is 4.17. The van der Waals surface area contributed by atoms with Crippen LogP contribution < -0.4 is 4.74 Å². The normalized spacial score (nSPS) is 9.64. The molecule has 1 aromatic heterocycles. The lowest BCUT2D eigenvalue weighted by Crippen LogP contribution is -2.18. The topological polar surface area (TPSA) is 89.3 Å². The van der Waals surface area contributed by atoms with E-state index in [2.05, 4.69) is 9.72 Å². The monoisotopic (exact) mass is 296 g/mol. The number of carbonyl (C=O) groups is 2. The summed E-state index contributed by atoms with van der Waals surface area (Å²) in [6.45, 7) is 1.75. The van der Waals surface area contributed by atoms with Gasteiger partial charge in [-0.2, -0.15) is 5.26 Å². The number of nitrogens with zero attached hydrogens (tertiary/aromatic N) is 2. The van der Waals surface area contributed by atoms with E-state index in [0.29, 0.717) is 17.1 Å². The first-order chi connectivity index (χ1) is 10.6. The van der Waals surface area contributed by atoms with E-state index in [1.807, 2.05) is 6.07 Å². The van der Waals surface area contributed by atoms with Gasteiger partial charge in [-0.05, 0) is 43.3 Å². The minimum atomic E-state index is -0.934. The summed E-state index contributed by atoms with van der Waals surface area (Å²) in [6.07, 6.45) is 1.34. The molecule has 0 amide bonds. The van der Waals surface area contributed by atoms with Crippen molar-refractivity contribution in [2.24, 2.45) is 0 Å². The summed E-state index contributed by atoms with van der Waals surface area (Å²) in [5, 5.41) is 8.71. The SMILES string of the molecule is CCOC(=O)C(=O)c1ccc(Oc2ccc(C#N)cc2)cn1. The summed E-state index contributed by atoms with van der Waals surface area (Å²) in [5.41, 5.74) is 0.520. The van der Waals surface area contributed by atoms with Gasteiger partial charge in [-0.3, -0.25) is 4.79 Å². The molecule has 2 rings (SSSR count). The maximum atomic E-state index is 11.7. The quantitative estimate of drug-likeness (QED) is 0.478. The van der Waals surface area contributed by atoms with Crippen LogP contribution in [0, 0.1) is 11.3 Å². The fourth-order valence-corrected chi connectivity index (χ4v) is 1.61. The number of pyridine rings is 1. The summed E-state index contributed by atoms with van der Waals surface area (Å²) in [6, 6.07) is 11.5. The number of hydrogen-bond acceptors (Lipinski definition) is 6. The van der Waals surface area contributed by atoms with Crippen molar-refractivity contribution in [3.8, 4) is 17.6 Å². The minimum absolute atomic E-state index is 0.00868. The van der Waals surface area contributed by atoms with E-state index >= 15 is 0 Å². The number of benzene rings is 1. The van der Waals surface area contributed by atoms with Crippen molar-refractivity contribution in [2.75, 3.05) is 6.61 Å². The molecule has 0 aliphatic carbocycles. The van der Waals surface area contributed by atoms with Crippen LogP contribution in [-0.4, -0.2) is 23.3 Å². The van der Waals surface area contributed by atoms with E-state index in [0.717, 1.165) is 0 Å². The molecular formula is C16H12N2O4. The van der Waals surface area contributed by atoms with Crippen LogP contribution in [-0.2, 0) is 9.53 Å². The molecule has 22 heavy (non-hydrogen) atoms. The molecular weight excluding hydrogens is 284 g/mol. The molecule has 0 atom stereocenters. The number of ketones is 1. The Labute approximate surface area is 126 Å². The number of nitriles is 1. The molecule has 0 aliphatic heterocycles. The lowest BCUT2D eigenvalue weighted by Gasteiger charge is -2.06. The Kier molecular flexibility index (Phi) is 4.83. The lowest BCUT2D eigenvalue weighted by molar-refractivity contribution is -0.137.